The molecule has 4 nitrogen and oxygen atoms in total. The second-order valence-electron chi connectivity index (χ2n) is 6.03. The highest BCUT2D eigenvalue weighted by molar-refractivity contribution is 5.75. The lowest BCUT2D eigenvalue weighted by atomic mass is 10.1. The van der Waals surface area contributed by atoms with Crippen LogP contribution in [0.1, 0.15) is 37.8 Å². The monoisotopic (exact) mass is 305 g/mol. The predicted molar refractivity (Wildman–Crippen MR) is 87.2 cm³/mol. The van der Waals surface area contributed by atoms with Crippen LogP contribution in [0.5, 0.6) is 5.75 Å². The zero-order valence-corrected chi connectivity index (χ0v) is 14.1. The van der Waals surface area contributed by atoms with Gasteiger partial charge in [0.1, 0.15) is 5.75 Å². The molecule has 1 fully saturated rings. The molecule has 1 saturated heterocycles. The average molecular weight is 305 g/mol. The van der Waals surface area contributed by atoms with Gasteiger partial charge in [0.2, 0.25) is 0 Å². The van der Waals surface area contributed by atoms with Crippen LogP contribution in [-0.2, 0) is 9.53 Å². The van der Waals surface area contributed by atoms with Gasteiger partial charge in [-0.2, -0.15) is 0 Å². The molecule has 2 atom stereocenters. The third-order valence-electron chi connectivity index (χ3n) is 4.44. The number of para-hydroxylation sites is 1. The molecule has 2 rings (SSSR count). The number of hydrogen-bond acceptors (Lipinski definition) is 4. The number of ether oxygens (including phenoxy) is 2. The molecule has 0 radical (unpaired) electrons. The minimum atomic E-state index is -0.184. The molecule has 1 aliphatic rings. The van der Waals surface area contributed by atoms with E-state index in [9.17, 15) is 4.79 Å². The number of benzene rings is 1. The highest BCUT2D eigenvalue weighted by Crippen LogP contribution is 2.23. The Labute approximate surface area is 133 Å². The van der Waals surface area contributed by atoms with Gasteiger partial charge in [-0.15, -0.1) is 0 Å². The highest BCUT2D eigenvalue weighted by atomic mass is 16.5. The maximum absolute atomic E-state index is 12.4. The van der Waals surface area contributed by atoms with Gasteiger partial charge in [-0.05, 0) is 37.8 Å². The fourth-order valence-corrected chi connectivity index (χ4v) is 3.05. The summed E-state index contributed by atoms with van der Waals surface area (Å²) < 4.78 is 11.3. The quantitative estimate of drug-likeness (QED) is 0.619. The molecule has 122 valence electrons. The first-order chi connectivity index (χ1) is 10.6. The van der Waals surface area contributed by atoms with E-state index in [4.69, 9.17) is 9.47 Å². The number of esters is 1. The van der Waals surface area contributed by atoms with Crippen LogP contribution in [0.15, 0.2) is 18.2 Å². The van der Waals surface area contributed by atoms with E-state index in [1.54, 1.807) is 0 Å². The van der Waals surface area contributed by atoms with E-state index in [-0.39, 0.29) is 5.97 Å². The molecular weight excluding hydrogens is 278 g/mol. The molecule has 0 bridgehead atoms. The predicted octanol–water partition coefficient (Wildman–Crippen LogP) is 3.10. The second kappa shape index (κ2) is 7.75. The normalized spacial score (nSPS) is 22.5. The van der Waals surface area contributed by atoms with Gasteiger partial charge < -0.3 is 9.47 Å². The van der Waals surface area contributed by atoms with E-state index in [1.165, 1.54) is 0 Å². The van der Waals surface area contributed by atoms with Crippen molar-refractivity contribution in [3.05, 3.63) is 29.3 Å². The Bertz CT molecular complexity index is 483. The molecule has 1 aromatic carbocycles. The topological polar surface area (TPSA) is 38.8 Å². The summed E-state index contributed by atoms with van der Waals surface area (Å²) in [5, 5.41) is 0. The Morgan fingerprint density at radius 1 is 1.18 bits per heavy atom. The van der Waals surface area contributed by atoms with Crippen molar-refractivity contribution in [1.82, 2.24) is 4.90 Å². The van der Waals surface area contributed by atoms with Gasteiger partial charge in [0.15, 0.2) is 0 Å². The second-order valence-corrected chi connectivity index (χ2v) is 6.03. The summed E-state index contributed by atoms with van der Waals surface area (Å²) in [6, 6.07) is 6.50. The molecule has 1 aromatic rings. The molecule has 0 amide bonds. The minimum Gasteiger partial charge on any atom is -0.425 e. The van der Waals surface area contributed by atoms with Crippen molar-refractivity contribution in [1.29, 1.82) is 0 Å². The van der Waals surface area contributed by atoms with Gasteiger partial charge in [-0.25, -0.2) is 0 Å². The maximum atomic E-state index is 12.4. The zero-order chi connectivity index (χ0) is 16.1. The summed E-state index contributed by atoms with van der Waals surface area (Å²) >= 11 is 0. The molecule has 0 saturated carbocycles. The van der Waals surface area contributed by atoms with Crippen molar-refractivity contribution in [2.24, 2.45) is 0 Å². The Balaban J connectivity index is 2.06. The van der Waals surface area contributed by atoms with Crippen LogP contribution in [0.2, 0.25) is 0 Å². The lowest BCUT2D eigenvalue weighted by molar-refractivity contribution is -0.140. The van der Waals surface area contributed by atoms with Crippen molar-refractivity contribution in [3.63, 3.8) is 0 Å². The molecule has 1 heterocycles. The van der Waals surface area contributed by atoms with E-state index in [1.807, 2.05) is 32.0 Å². The van der Waals surface area contributed by atoms with Crippen LogP contribution < -0.4 is 4.74 Å². The summed E-state index contributed by atoms with van der Waals surface area (Å²) in [4.78, 5) is 14.7. The third kappa shape index (κ3) is 3.87. The van der Waals surface area contributed by atoms with Crippen LogP contribution in [-0.4, -0.2) is 42.7 Å². The van der Waals surface area contributed by atoms with Crippen molar-refractivity contribution < 1.29 is 14.3 Å². The van der Waals surface area contributed by atoms with Crippen LogP contribution in [0.4, 0.5) is 0 Å². The molecule has 0 spiro atoms. The van der Waals surface area contributed by atoms with Crippen molar-refractivity contribution in [3.8, 4) is 5.75 Å². The number of nitrogens with zero attached hydrogens (tertiary/aromatic N) is 1. The number of aryl methyl sites for hydroxylation is 2. The minimum absolute atomic E-state index is 0.184. The SMILES string of the molecule is CC[C@H]1COC[C@H](CC)N1CC(=O)Oc1c(C)cccc1C. The van der Waals surface area contributed by atoms with Crippen LogP contribution >= 0.6 is 0 Å². The Kier molecular flexibility index (Phi) is 5.98. The molecule has 22 heavy (non-hydrogen) atoms. The summed E-state index contributed by atoms with van der Waals surface area (Å²) in [6.07, 6.45) is 1.96. The number of rotatable bonds is 5. The molecule has 1 aliphatic heterocycles. The summed E-state index contributed by atoms with van der Waals surface area (Å²) in [7, 11) is 0. The third-order valence-corrected chi connectivity index (χ3v) is 4.44. The number of carbonyl (C=O) groups is 1. The molecule has 0 N–H and O–H groups in total. The smallest absolute Gasteiger partial charge is 0.325 e. The Hall–Kier alpha value is -1.39. The fraction of sp³-hybridized carbons (Fsp3) is 0.611. The van der Waals surface area contributed by atoms with Gasteiger partial charge in [0.25, 0.3) is 0 Å². The van der Waals surface area contributed by atoms with Gasteiger partial charge in [-0.1, -0.05) is 32.0 Å². The first-order valence-corrected chi connectivity index (χ1v) is 8.17. The molecule has 0 unspecified atom stereocenters. The van der Waals surface area contributed by atoms with E-state index in [2.05, 4.69) is 18.7 Å². The Morgan fingerprint density at radius 2 is 1.73 bits per heavy atom. The van der Waals surface area contributed by atoms with Crippen LogP contribution in [0.3, 0.4) is 0 Å². The molecule has 0 aromatic heterocycles. The molecular formula is C18H27NO3. The highest BCUT2D eigenvalue weighted by Gasteiger charge is 2.31. The van der Waals surface area contributed by atoms with E-state index < -0.39 is 0 Å². The summed E-state index contributed by atoms with van der Waals surface area (Å²) in [5.74, 6) is 0.512. The first kappa shape index (κ1) is 17.0. The number of hydrogen-bond donors (Lipinski definition) is 0. The fourth-order valence-electron chi connectivity index (χ4n) is 3.05. The van der Waals surface area contributed by atoms with Crippen molar-refractivity contribution >= 4 is 5.97 Å². The lowest BCUT2D eigenvalue weighted by Crippen LogP contribution is -2.54. The molecule has 4 heteroatoms. The standard InChI is InChI=1S/C18H27NO3/c1-5-15-11-21-12-16(6-2)19(15)10-17(20)22-18-13(3)8-7-9-14(18)4/h7-9,15-16H,5-6,10-12H2,1-4H3/t15-,16-/m0/s1. The van der Waals surface area contributed by atoms with Crippen molar-refractivity contribution in [2.75, 3.05) is 19.8 Å². The maximum Gasteiger partial charge on any atom is 0.325 e. The van der Waals surface area contributed by atoms with Gasteiger partial charge in [0.05, 0.1) is 19.8 Å². The van der Waals surface area contributed by atoms with Gasteiger partial charge in [-0.3, -0.25) is 9.69 Å². The Morgan fingerprint density at radius 3 is 2.23 bits per heavy atom. The van der Waals surface area contributed by atoms with Gasteiger partial charge >= 0.3 is 5.97 Å². The number of morpholine rings is 1. The van der Waals surface area contributed by atoms with Crippen LogP contribution in [0.25, 0.3) is 0 Å². The summed E-state index contributed by atoms with van der Waals surface area (Å²) in [5.41, 5.74) is 1.99. The first-order valence-electron chi connectivity index (χ1n) is 8.17. The van der Waals surface area contributed by atoms with Gasteiger partial charge in [0, 0.05) is 12.1 Å². The lowest BCUT2D eigenvalue weighted by Gasteiger charge is -2.40. The largest absolute Gasteiger partial charge is 0.425 e. The molecule has 0 aliphatic carbocycles. The number of carbonyl (C=O) groups excluding carboxylic acids is 1. The zero-order valence-electron chi connectivity index (χ0n) is 14.1. The van der Waals surface area contributed by atoms with E-state index in [0.717, 1.165) is 24.0 Å². The van der Waals surface area contributed by atoms with Crippen molar-refractivity contribution in [2.45, 2.75) is 52.6 Å². The summed E-state index contributed by atoms with van der Waals surface area (Å²) in [6.45, 7) is 9.93. The van der Waals surface area contributed by atoms with E-state index >= 15 is 0 Å². The van der Waals surface area contributed by atoms with Crippen LogP contribution in [0, 0.1) is 13.8 Å². The average Bonchev–Trinajstić information content (AvgIpc) is 2.51. The van der Waals surface area contributed by atoms with E-state index in [0.29, 0.717) is 37.6 Å².